The highest BCUT2D eigenvalue weighted by Gasteiger charge is 2.30. The Bertz CT molecular complexity index is 1020. The van der Waals surface area contributed by atoms with Crippen molar-refractivity contribution in [2.24, 2.45) is 5.92 Å². The van der Waals surface area contributed by atoms with Gasteiger partial charge in [-0.15, -0.1) is 0 Å². The number of amides is 1. The number of nitrogens with one attached hydrogen (secondary N) is 2. The topological polar surface area (TPSA) is 79.8 Å². The maximum absolute atomic E-state index is 13.4. The number of carbonyl (C=O) groups is 1. The van der Waals surface area contributed by atoms with Gasteiger partial charge in [-0.25, -0.2) is 9.07 Å². The number of anilines is 1. The number of aromatic nitrogens is 3. The van der Waals surface area contributed by atoms with Gasteiger partial charge in [-0.2, -0.15) is 5.10 Å². The lowest BCUT2D eigenvalue weighted by molar-refractivity contribution is 0.102. The SMILES string of the molecule is C[C@@H](C1CC1)n1nccc1NC(=O)c1cc(=O)[nH]c2cc(F)ccc12. The van der Waals surface area contributed by atoms with Gasteiger partial charge in [0.1, 0.15) is 11.6 Å². The molecule has 4 rings (SSSR count). The first-order valence-electron chi connectivity index (χ1n) is 8.20. The zero-order valence-electron chi connectivity index (χ0n) is 13.6. The summed E-state index contributed by atoms with van der Waals surface area (Å²) < 4.78 is 15.2. The fourth-order valence-electron chi connectivity index (χ4n) is 3.12. The number of nitrogens with zero attached hydrogens (tertiary/aromatic N) is 2. The van der Waals surface area contributed by atoms with E-state index in [9.17, 15) is 14.0 Å². The summed E-state index contributed by atoms with van der Waals surface area (Å²) in [6.45, 7) is 2.08. The Morgan fingerprint density at radius 2 is 2.16 bits per heavy atom. The van der Waals surface area contributed by atoms with Gasteiger partial charge in [0, 0.05) is 17.5 Å². The summed E-state index contributed by atoms with van der Waals surface area (Å²) in [5.74, 6) is 0.267. The summed E-state index contributed by atoms with van der Waals surface area (Å²) in [4.78, 5) is 27.1. The molecule has 3 aromatic rings. The maximum Gasteiger partial charge on any atom is 0.257 e. The van der Waals surface area contributed by atoms with E-state index in [2.05, 4.69) is 22.3 Å². The molecular formula is C18H17FN4O2. The first kappa shape index (κ1) is 15.6. The van der Waals surface area contributed by atoms with Gasteiger partial charge in [0.2, 0.25) is 5.56 Å². The molecule has 0 aliphatic heterocycles. The van der Waals surface area contributed by atoms with Gasteiger partial charge in [0.25, 0.3) is 5.91 Å². The summed E-state index contributed by atoms with van der Waals surface area (Å²) >= 11 is 0. The summed E-state index contributed by atoms with van der Waals surface area (Å²) in [5, 5.41) is 7.61. The summed E-state index contributed by atoms with van der Waals surface area (Å²) in [7, 11) is 0. The second kappa shape index (κ2) is 5.84. The summed E-state index contributed by atoms with van der Waals surface area (Å²) in [6, 6.07) is 7.10. The van der Waals surface area contributed by atoms with Crippen molar-refractivity contribution >= 4 is 22.6 Å². The Morgan fingerprint density at radius 3 is 2.92 bits per heavy atom. The fraction of sp³-hybridized carbons (Fsp3) is 0.278. The van der Waals surface area contributed by atoms with Gasteiger partial charge < -0.3 is 10.3 Å². The third-order valence-corrected chi connectivity index (χ3v) is 4.65. The highest BCUT2D eigenvalue weighted by atomic mass is 19.1. The van der Waals surface area contributed by atoms with E-state index in [-0.39, 0.29) is 17.1 Å². The van der Waals surface area contributed by atoms with Crippen LogP contribution in [0.15, 0.2) is 41.3 Å². The second-order valence-corrected chi connectivity index (χ2v) is 6.43. The van der Waals surface area contributed by atoms with Crippen molar-refractivity contribution < 1.29 is 9.18 Å². The first-order valence-corrected chi connectivity index (χ1v) is 8.20. The molecule has 1 fully saturated rings. The Hall–Kier alpha value is -2.96. The minimum Gasteiger partial charge on any atom is -0.322 e. The van der Waals surface area contributed by atoms with Crippen molar-refractivity contribution in [3.05, 3.63) is 58.3 Å². The van der Waals surface area contributed by atoms with E-state index in [0.717, 1.165) is 0 Å². The number of carbonyl (C=O) groups excluding carboxylic acids is 1. The van der Waals surface area contributed by atoms with Gasteiger partial charge in [-0.1, -0.05) is 0 Å². The quantitative estimate of drug-likeness (QED) is 0.766. The van der Waals surface area contributed by atoms with Gasteiger partial charge in [-0.05, 0) is 43.9 Å². The van der Waals surface area contributed by atoms with Crippen LogP contribution in [0, 0.1) is 11.7 Å². The Balaban J connectivity index is 1.69. The van der Waals surface area contributed by atoms with Crippen LogP contribution in [-0.4, -0.2) is 20.7 Å². The highest BCUT2D eigenvalue weighted by molar-refractivity contribution is 6.11. The third kappa shape index (κ3) is 2.93. The van der Waals surface area contributed by atoms with Crippen molar-refractivity contribution in [1.82, 2.24) is 14.8 Å². The molecule has 0 bridgehead atoms. The molecular weight excluding hydrogens is 323 g/mol. The molecule has 0 unspecified atom stereocenters. The Morgan fingerprint density at radius 1 is 1.36 bits per heavy atom. The molecule has 2 heterocycles. The van der Waals surface area contributed by atoms with Crippen molar-refractivity contribution in [3.8, 4) is 0 Å². The van der Waals surface area contributed by atoms with Crippen LogP contribution in [0.3, 0.4) is 0 Å². The average molecular weight is 340 g/mol. The number of fused-ring (bicyclic) bond motifs is 1. The minimum absolute atomic E-state index is 0.200. The van der Waals surface area contributed by atoms with Crippen LogP contribution < -0.4 is 10.9 Å². The molecule has 1 saturated carbocycles. The number of pyridine rings is 1. The highest BCUT2D eigenvalue weighted by Crippen LogP contribution is 2.40. The molecule has 1 amide bonds. The van der Waals surface area contributed by atoms with Gasteiger partial charge in [0.15, 0.2) is 0 Å². The Labute approximate surface area is 142 Å². The molecule has 128 valence electrons. The lowest BCUT2D eigenvalue weighted by Gasteiger charge is -2.15. The van der Waals surface area contributed by atoms with Crippen LogP contribution in [0.1, 0.15) is 36.2 Å². The molecule has 1 aliphatic carbocycles. The van der Waals surface area contributed by atoms with E-state index in [1.807, 2.05) is 0 Å². The van der Waals surface area contributed by atoms with E-state index < -0.39 is 17.3 Å². The fourth-order valence-corrected chi connectivity index (χ4v) is 3.12. The van der Waals surface area contributed by atoms with E-state index in [4.69, 9.17) is 0 Å². The monoisotopic (exact) mass is 340 g/mol. The van der Waals surface area contributed by atoms with Crippen molar-refractivity contribution in [3.63, 3.8) is 0 Å². The van der Waals surface area contributed by atoms with Crippen LogP contribution in [-0.2, 0) is 0 Å². The van der Waals surface area contributed by atoms with E-state index in [1.54, 1.807) is 16.9 Å². The maximum atomic E-state index is 13.4. The van der Waals surface area contributed by atoms with Crippen LogP contribution in [0.2, 0.25) is 0 Å². The minimum atomic E-state index is -0.475. The molecule has 1 aliphatic rings. The molecule has 1 atom stereocenters. The summed E-state index contributed by atoms with van der Waals surface area (Å²) in [6.07, 6.45) is 3.97. The van der Waals surface area contributed by atoms with Gasteiger partial charge >= 0.3 is 0 Å². The van der Waals surface area contributed by atoms with Crippen molar-refractivity contribution in [1.29, 1.82) is 0 Å². The number of rotatable bonds is 4. The van der Waals surface area contributed by atoms with Crippen molar-refractivity contribution in [2.75, 3.05) is 5.32 Å². The molecule has 25 heavy (non-hydrogen) atoms. The molecule has 7 heteroatoms. The number of benzene rings is 1. The van der Waals surface area contributed by atoms with Crippen LogP contribution in [0.5, 0.6) is 0 Å². The number of halogens is 1. The van der Waals surface area contributed by atoms with Gasteiger partial charge in [0.05, 0.1) is 23.3 Å². The zero-order valence-corrected chi connectivity index (χ0v) is 13.6. The molecule has 1 aromatic carbocycles. The van der Waals surface area contributed by atoms with E-state index in [0.29, 0.717) is 17.1 Å². The van der Waals surface area contributed by atoms with Gasteiger partial charge in [-0.3, -0.25) is 9.59 Å². The number of aromatic amines is 1. The van der Waals surface area contributed by atoms with Crippen LogP contribution in [0.4, 0.5) is 10.2 Å². The van der Waals surface area contributed by atoms with E-state index >= 15 is 0 Å². The molecule has 0 saturated heterocycles. The largest absolute Gasteiger partial charge is 0.322 e. The number of hydrogen-bond acceptors (Lipinski definition) is 3. The number of hydrogen-bond donors (Lipinski definition) is 2. The molecule has 0 radical (unpaired) electrons. The lowest BCUT2D eigenvalue weighted by Crippen LogP contribution is -2.20. The normalized spacial score (nSPS) is 15.3. The van der Waals surface area contributed by atoms with Crippen molar-refractivity contribution in [2.45, 2.75) is 25.8 Å². The zero-order chi connectivity index (χ0) is 17.6. The molecule has 2 aromatic heterocycles. The number of H-pyrrole nitrogens is 1. The molecule has 2 N–H and O–H groups in total. The molecule has 0 spiro atoms. The predicted octanol–water partition coefficient (Wildman–Crippen LogP) is 3.09. The van der Waals surface area contributed by atoms with Crippen LogP contribution >= 0.6 is 0 Å². The lowest BCUT2D eigenvalue weighted by atomic mass is 10.1. The average Bonchev–Trinajstić information content (AvgIpc) is 3.33. The first-order chi connectivity index (χ1) is 12.0. The Kier molecular flexibility index (Phi) is 3.63. The third-order valence-electron chi connectivity index (χ3n) is 4.65. The smallest absolute Gasteiger partial charge is 0.257 e. The standard InChI is InChI=1S/C18H17FN4O2/c1-10(11-2-3-11)23-16(6-7-20-23)22-18(25)14-9-17(24)21-15-8-12(19)4-5-13(14)15/h4-11H,2-3H2,1H3,(H,21,24)(H,22,25)/t10-/m0/s1. The molecule has 6 nitrogen and oxygen atoms in total. The van der Waals surface area contributed by atoms with Crippen LogP contribution in [0.25, 0.3) is 10.9 Å². The van der Waals surface area contributed by atoms with E-state index in [1.165, 1.54) is 37.1 Å². The second-order valence-electron chi connectivity index (χ2n) is 6.43. The predicted molar refractivity (Wildman–Crippen MR) is 92.1 cm³/mol. The summed E-state index contributed by atoms with van der Waals surface area (Å²) in [5.41, 5.74) is 0.0335.